The molecule has 140 valence electrons. The molecule has 7 heteroatoms. The number of rotatable bonds is 7. The predicted octanol–water partition coefficient (Wildman–Crippen LogP) is 3.70. The minimum atomic E-state index is -0.169. The Hall–Kier alpha value is -2.80. The number of hydrogen-bond acceptors (Lipinski definition) is 5. The van der Waals surface area contributed by atoms with Gasteiger partial charge in [0.2, 0.25) is 0 Å². The molecule has 0 aliphatic rings. The molecule has 0 bridgehead atoms. The highest BCUT2D eigenvalue weighted by atomic mass is 32.2. The summed E-state index contributed by atoms with van der Waals surface area (Å²) >= 11 is 1.41. The molecule has 1 amide bonds. The number of para-hydroxylation sites is 2. The summed E-state index contributed by atoms with van der Waals surface area (Å²) in [6.07, 6.45) is 0. The van der Waals surface area contributed by atoms with Crippen LogP contribution in [0.1, 0.15) is 19.4 Å². The number of methoxy groups -OCH3 is 1. The predicted molar refractivity (Wildman–Crippen MR) is 109 cm³/mol. The molecule has 1 aromatic heterocycles. The third kappa shape index (κ3) is 4.49. The van der Waals surface area contributed by atoms with Gasteiger partial charge in [0.1, 0.15) is 5.75 Å². The van der Waals surface area contributed by atoms with Gasteiger partial charge in [-0.05, 0) is 38.1 Å². The Kier molecular flexibility index (Phi) is 6.13. The van der Waals surface area contributed by atoms with Gasteiger partial charge in [0.25, 0.3) is 5.91 Å². The van der Waals surface area contributed by atoms with E-state index in [0.717, 1.165) is 34.0 Å². The van der Waals surface area contributed by atoms with E-state index in [1.165, 1.54) is 11.8 Å². The summed E-state index contributed by atoms with van der Waals surface area (Å²) in [7, 11) is 1.62. The Morgan fingerprint density at radius 3 is 2.85 bits per heavy atom. The largest absolute Gasteiger partial charge is 0.497 e. The number of thioether (sulfide) groups is 1. The molecule has 0 saturated carbocycles. The summed E-state index contributed by atoms with van der Waals surface area (Å²) in [6.45, 7) is 4.72. The number of ether oxygens (including phenoxy) is 1. The monoisotopic (exact) mass is 382 g/mol. The Labute approximate surface area is 162 Å². The first kappa shape index (κ1) is 19.0. The highest BCUT2D eigenvalue weighted by Crippen LogP contribution is 2.23. The second-order valence-electron chi connectivity index (χ2n) is 5.88. The van der Waals surface area contributed by atoms with Gasteiger partial charge in [0.15, 0.2) is 5.16 Å². The van der Waals surface area contributed by atoms with Crippen molar-refractivity contribution in [1.82, 2.24) is 15.0 Å². The Morgan fingerprint density at radius 2 is 2.07 bits per heavy atom. The summed E-state index contributed by atoms with van der Waals surface area (Å²) in [5.41, 5.74) is 6.24. The maximum atomic E-state index is 12.2. The number of benzene rings is 2. The molecule has 3 rings (SSSR count). The van der Waals surface area contributed by atoms with E-state index in [1.54, 1.807) is 7.11 Å². The summed E-state index contributed by atoms with van der Waals surface area (Å²) in [5.74, 6) is 0.831. The fourth-order valence-corrected chi connectivity index (χ4v) is 3.56. The molecule has 0 aliphatic heterocycles. The third-order valence-corrected chi connectivity index (χ3v) is 5.08. The van der Waals surface area contributed by atoms with Crippen molar-refractivity contribution >= 4 is 34.4 Å². The van der Waals surface area contributed by atoms with E-state index >= 15 is 0 Å². The number of amides is 1. The first-order chi connectivity index (χ1) is 13.1. The average Bonchev–Trinajstić information content (AvgIpc) is 3.07. The van der Waals surface area contributed by atoms with E-state index < -0.39 is 0 Å². The first-order valence-electron chi connectivity index (χ1n) is 8.68. The van der Waals surface area contributed by atoms with Crippen molar-refractivity contribution in [2.24, 2.45) is 5.10 Å². The topological polar surface area (TPSA) is 68.5 Å². The molecule has 3 aromatic rings. The van der Waals surface area contributed by atoms with E-state index in [4.69, 9.17) is 4.74 Å². The SMILES string of the molecule is CCn1c(SCC(=O)N/N=C(/C)c2cccc(OC)c2)nc2ccccc21. The number of hydrogen-bond donors (Lipinski definition) is 1. The van der Waals surface area contributed by atoms with Crippen molar-refractivity contribution < 1.29 is 9.53 Å². The molecule has 1 heterocycles. The second kappa shape index (κ2) is 8.73. The maximum absolute atomic E-state index is 12.2. The van der Waals surface area contributed by atoms with E-state index in [2.05, 4.69) is 27.0 Å². The van der Waals surface area contributed by atoms with Crippen LogP contribution in [0.15, 0.2) is 58.8 Å². The zero-order valence-corrected chi connectivity index (χ0v) is 16.4. The molecule has 6 nitrogen and oxygen atoms in total. The van der Waals surface area contributed by atoms with Crippen LogP contribution < -0.4 is 10.2 Å². The number of nitrogens with one attached hydrogen (secondary N) is 1. The van der Waals surface area contributed by atoms with Gasteiger partial charge in [-0.15, -0.1) is 0 Å². The van der Waals surface area contributed by atoms with Gasteiger partial charge >= 0.3 is 0 Å². The van der Waals surface area contributed by atoms with Crippen LogP contribution in [0.4, 0.5) is 0 Å². The third-order valence-electron chi connectivity index (χ3n) is 4.10. The highest BCUT2D eigenvalue weighted by molar-refractivity contribution is 7.99. The Balaban J connectivity index is 1.63. The molecule has 0 spiro atoms. The van der Waals surface area contributed by atoms with Crippen molar-refractivity contribution in [1.29, 1.82) is 0 Å². The number of imidazole rings is 1. The first-order valence-corrected chi connectivity index (χ1v) is 9.66. The van der Waals surface area contributed by atoms with E-state index in [0.29, 0.717) is 5.71 Å². The number of carbonyl (C=O) groups excluding carboxylic acids is 1. The molecule has 2 aromatic carbocycles. The van der Waals surface area contributed by atoms with Gasteiger partial charge in [-0.3, -0.25) is 4.79 Å². The van der Waals surface area contributed by atoms with E-state index in [9.17, 15) is 4.79 Å². The lowest BCUT2D eigenvalue weighted by molar-refractivity contribution is -0.118. The molecule has 0 fully saturated rings. The normalized spacial score (nSPS) is 11.6. The number of hydrazone groups is 1. The van der Waals surface area contributed by atoms with Crippen LogP contribution in [-0.2, 0) is 11.3 Å². The molecular weight excluding hydrogens is 360 g/mol. The molecule has 27 heavy (non-hydrogen) atoms. The summed E-state index contributed by atoms with van der Waals surface area (Å²) in [5, 5.41) is 5.02. The van der Waals surface area contributed by atoms with Gasteiger partial charge in [0, 0.05) is 12.1 Å². The summed E-state index contributed by atoms with van der Waals surface area (Å²) in [6, 6.07) is 15.5. The quantitative estimate of drug-likeness (QED) is 0.384. The lowest BCUT2D eigenvalue weighted by Gasteiger charge is -2.06. The molecule has 0 unspecified atom stereocenters. The smallest absolute Gasteiger partial charge is 0.250 e. The van der Waals surface area contributed by atoms with Crippen molar-refractivity contribution in [2.75, 3.05) is 12.9 Å². The zero-order valence-electron chi connectivity index (χ0n) is 15.6. The molecule has 1 N–H and O–H groups in total. The van der Waals surface area contributed by atoms with Gasteiger partial charge < -0.3 is 9.30 Å². The van der Waals surface area contributed by atoms with Crippen molar-refractivity contribution in [3.63, 3.8) is 0 Å². The van der Waals surface area contributed by atoms with Crippen molar-refractivity contribution in [3.05, 3.63) is 54.1 Å². The Morgan fingerprint density at radius 1 is 1.26 bits per heavy atom. The number of aromatic nitrogens is 2. The Bertz CT molecular complexity index is 981. The molecule has 0 atom stereocenters. The van der Waals surface area contributed by atoms with Gasteiger partial charge in [-0.2, -0.15) is 5.10 Å². The summed E-state index contributed by atoms with van der Waals surface area (Å²) in [4.78, 5) is 16.8. The number of nitrogens with zero attached hydrogens (tertiary/aromatic N) is 3. The average molecular weight is 382 g/mol. The number of aryl methyl sites for hydroxylation is 1. The van der Waals surface area contributed by atoms with Crippen LogP contribution in [0.25, 0.3) is 11.0 Å². The standard InChI is InChI=1S/C20H22N4O2S/c1-4-24-18-11-6-5-10-17(18)21-20(24)27-13-19(25)23-22-14(2)15-8-7-9-16(12-15)26-3/h5-12H,4,13H2,1-3H3,(H,23,25)/b22-14-. The second-order valence-corrected chi connectivity index (χ2v) is 6.82. The number of carbonyl (C=O) groups is 1. The van der Waals surface area contributed by atoms with Crippen molar-refractivity contribution in [3.8, 4) is 5.75 Å². The van der Waals surface area contributed by atoms with Crippen LogP contribution in [0, 0.1) is 0 Å². The van der Waals surface area contributed by atoms with E-state index in [-0.39, 0.29) is 11.7 Å². The van der Waals surface area contributed by atoms with Gasteiger partial charge in [-0.25, -0.2) is 10.4 Å². The van der Waals surface area contributed by atoms with Crippen LogP contribution in [0.3, 0.4) is 0 Å². The molecule has 0 saturated heterocycles. The molecule has 0 radical (unpaired) electrons. The van der Waals surface area contributed by atoms with Crippen LogP contribution >= 0.6 is 11.8 Å². The number of fused-ring (bicyclic) bond motifs is 1. The highest BCUT2D eigenvalue weighted by Gasteiger charge is 2.11. The summed E-state index contributed by atoms with van der Waals surface area (Å²) < 4.78 is 7.32. The lowest BCUT2D eigenvalue weighted by atomic mass is 10.1. The van der Waals surface area contributed by atoms with Crippen LogP contribution in [0.5, 0.6) is 5.75 Å². The minimum absolute atomic E-state index is 0.169. The van der Waals surface area contributed by atoms with Crippen LogP contribution in [0.2, 0.25) is 0 Å². The van der Waals surface area contributed by atoms with Crippen molar-refractivity contribution in [2.45, 2.75) is 25.5 Å². The maximum Gasteiger partial charge on any atom is 0.250 e. The molecule has 0 aliphatic carbocycles. The fraction of sp³-hybridized carbons (Fsp3) is 0.250. The van der Waals surface area contributed by atoms with E-state index in [1.807, 2.05) is 55.5 Å². The zero-order chi connectivity index (χ0) is 19.2. The molecular formula is C20H22N4O2S. The van der Waals surface area contributed by atoms with Gasteiger partial charge in [-0.1, -0.05) is 36.0 Å². The lowest BCUT2D eigenvalue weighted by Crippen LogP contribution is -2.21. The fourth-order valence-electron chi connectivity index (χ4n) is 2.69. The minimum Gasteiger partial charge on any atom is -0.497 e. The van der Waals surface area contributed by atoms with Crippen LogP contribution in [-0.4, -0.2) is 34.0 Å². The van der Waals surface area contributed by atoms with Gasteiger partial charge in [0.05, 0.1) is 29.6 Å².